The molecule has 3 nitrogen and oxygen atoms in total. The Kier molecular flexibility index (Phi) is 5.03. The molecule has 2 aliphatic heterocycles. The van der Waals surface area contributed by atoms with Gasteiger partial charge in [0.25, 0.3) is 0 Å². The minimum Gasteiger partial charge on any atom is -0.391 e. The second kappa shape index (κ2) is 6.20. The molecule has 2 fully saturated rings. The monoisotopic (exact) mass is 299 g/mol. The number of alkyl halides is 3. The van der Waals surface area contributed by atoms with Crippen LogP contribution in [0.5, 0.6) is 0 Å². The molecule has 0 radical (unpaired) electrons. The molecular formula is C12H20F3NO2S. The van der Waals surface area contributed by atoms with Crippen molar-refractivity contribution >= 4 is 11.8 Å². The van der Waals surface area contributed by atoms with E-state index in [-0.39, 0.29) is 11.3 Å². The lowest BCUT2D eigenvalue weighted by molar-refractivity contribution is -0.155. The average molecular weight is 299 g/mol. The lowest BCUT2D eigenvalue weighted by Crippen LogP contribution is -2.51. The van der Waals surface area contributed by atoms with Gasteiger partial charge in [0.1, 0.15) is 0 Å². The molecule has 0 aromatic rings. The Morgan fingerprint density at radius 1 is 1.32 bits per heavy atom. The van der Waals surface area contributed by atoms with E-state index in [0.29, 0.717) is 0 Å². The molecule has 1 N–H and O–H groups in total. The first-order valence-electron chi connectivity index (χ1n) is 6.57. The zero-order chi connectivity index (χ0) is 13.9. The van der Waals surface area contributed by atoms with Crippen LogP contribution in [0.15, 0.2) is 0 Å². The molecule has 0 saturated carbocycles. The van der Waals surface area contributed by atoms with E-state index in [1.165, 1.54) is 0 Å². The van der Waals surface area contributed by atoms with Crippen molar-refractivity contribution in [2.45, 2.75) is 36.3 Å². The summed E-state index contributed by atoms with van der Waals surface area (Å²) in [6, 6.07) is 0. The molecule has 2 rings (SSSR count). The molecule has 1 spiro atoms. The van der Waals surface area contributed by atoms with E-state index in [0.717, 1.165) is 44.9 Å². The second-order valence-corrected chi connectivity index (χ2v) is 6.92. The standard InChI is InChI=1S/C12H20F3NO2S/c13-12(14,15)7-10(17)8-16-3-6-19-11(9-16)1-4-18-5-2-11/h10,17H,1-9H2/t10-/m1/s1. The third-order valence-corrected chi connectivity index (χ3v) is 5.20. The Morgan fingerprint density at radius 2 is 2.00 bits per heavy atom. The number of nitrogens with zero attached hydrogens (tertiary/aromatic N) is 1. The molecule has 0 aromatic heterocycles. The predicted molar refractivity (Wildman–Crippen MR) is 68.4 cm³/mol. The molecule has 0 unspecified atom stereocenters. The Balaban J connectivity index is 1.83. The molecular weight excluding hydrogens is 279 g/mol. The lowest BCUT2D eigenvalue weighted by atomic mass is 9.97. The van der Waals surface area contributed by atoms with Crippen molar-refractivity contribution in [2.24, 2.45) is 0 Å². The minimum absolute atomic E-state index is 0.114. The molecule has 0 aliphatic carbocycles. The van der Waals surface area contributed by atoms with Crippen molar-refractivity contribution in [3.05, 3.63) is 0 Å². The van der Waals surface area contributed by atoms with Crippen LogP contribution in [-0.4, -0.2) is 65.6 Å². The quantitative estimate of drug-likeness (QED) is 0.863. The first-order chi connectivity index (χ1) is 8.89. The van der Waals surface area contributed by atoms with Crippen LogP contribution in [0.1, 0.15) is 19.3 Å². The summed E-state index contributed by atoms with van der Waals surface area (Å²) < 4.78 is 42.1. The van der Waals surface area contributed by atoms with Crippen molar-refractivity contribution in [2.75, 3.05) is 38.6 Å². The SMILES string of the molecule is O[C@@H](CN1CCSC2(CCOCC2)C1)CC(F)(F)F. The molecule has 1 atom stereocenters. The molecule has 112 valence electrons. The lowest BCUT2D eigenvalue weighted by Gasteiger charge is -2.45. The van der Waals surface area contributed by atoms with Gasteiger partial charge in [-0.25, -0.2) is 0 Å². The zero-order valence-corrected chi connectivity index (χ0v) is 11.6. The topological polar surface area (TPSA) is 32.7 Å². The summed E-state index contributed by atoms with van der Waals surface area (Å²) in [5, 5.41) is 9.53. The van der Waals surface area contributed by atoms with Crippen molar-refractivity contribution in [3.8, 4) is 0 Å². The summed E-state index contributed by atoms with van der Waals surface area (Å²) in [6.45, 7) is 3.08. The van der Waals surface area contributed by atoms with Gasteiger partial charge in [-0.1, -0.05) is 0 Å². The second-order valence-electron chi connectivity index (χ2n) is 5.35. The fourth-order valence-corrected chi connectivity index (χ4v) is 4.27. The maximum absolute atomic E-state index is 12.2. The third kappa shape index (κ3) is 4.81. The van der Waals surface area contributed by atoms with Gasteiger partial charge < -0.3 is 9.84 Å². The Labute approximate surface area is 115 Å². The molecule has 2 heterocycles. The molecule has 19 heavy (non-hydrogen) atoms. The molecule has 7 heteroatoms. The number of β-amino-alcohol motifs (C(OH)–C–C–N with tert-alkyl or cyclic N) is 1. The summed E-state index contributed by atoms with van der Waals surface area (Å²) in [5.74, 6) is 0.915. The van der Waals surface area contributed by atoms with Gasteiger partial charge in [0.05, 0.1) is 12.5 Å². The van der Waals surface area contributed by atoms with Crippen LogP contribution < -0.4 is 0 Å². The van der Waals surface area contributed by atoms with E-state index in [9.17, 15) is 18.3 Å². The molecule has 0 amide bonds. The highest BCUT2D eigenvalue weighted by Crippen LogP contribution is 2.39. The van der Waals surface area contributed by atoms with Crippen LogP contribution in [0.4, 0.5) is 13.2 Å². The number of halogens is 3. The van der Waals surface area contributed by atoms with Crippen LogP contribution in [-0.2, 0) is 4.74 Å². The largest absolute Gasteiger partial charge is 0.391 e. The Bertz CT molecular complexity index is 290. The number of thioether (sulfide) groups is 1. The van der Waals surface area contributed by atoms with Crippen LogP contribution >= 0.6 is 11.8 Å². The van der Waals surface area contributed by atoms with Gasteiger partial charge in [-0.05, 0) is 12.8 Å². The molecule has 0 bridgehead atoms. The number of ether oxygens (including phenoxy) is 1. The van der Waals surface area contributed by atoms with Crippen LogP contribution in [0.3, 0.4) is 0 Å². The van der Waals surface area contributed by atoms with Crippen molar-refractivity contribution < 1.29 is 23.0 Å². The van der Waals surface area contributed by atoms with Crippen molar-refractivity contribution in [1.29, 1.82) is 0 Å². The number of aliphatic hydroxyl groups is 1. The summed E-state index contributed by atoms with van der Waals surface area (Å²) in [6.07, 6.45) is -4.83. The van der Waals surface area contributed by atoms with Crippen LogP contribution in [0, 0.1) is 0 Å². The molecule has 0 aromatic carbocycles. The van der Waals surface area contributed by atoms with E-state index in [1.807, 2.05) is 16.7 Å². The van der Waals surface area contributed by atoms with Gasteiger partial charge in [0.2, 0.25) is 0 Å². The number of hydrogen-bond donors (Lipinski definition) is 1. The van der Waals surface area contributed by atoms with E-state index in [1.54, 1.807) is 0 Å². The Hall–Kier alpha value is 0.0200. The number of rotatable bonds is 3. The number of hydrogen-bond acceptors (Lipinski definition) is 4. The normalized spacial score (nSPS) is 26.5. The van der Waals surface area contributed by atoms with E-state index < -0.39 is 18.7 Å². The highest BCUT2D eigenvalue weighted by Gasteiger charge is 2.39. The van der Waals surface area contributed by atoms with E-state index >= 15 is 0 Å². The molecule has 2 saturated heterocycles. The van der Waals surface area contributed by atoms with Crippen molar-refractivity contribution in [1.82, 2.24) is 4.90 Å². The fraction of sp³-hybridized carbons (Fsp3) is 1.00. The Morgan fingerprint density at radius 3 is 2.63 bits per heavy atom. The molecule has 2 aliphatic rings. The summed E-state index contributed by atoms with van der Waals surface area (Å²) in [4.78, 5) is 1.97. The van der Waals surface area contributed by atoms with E-state index in [2.05, 4.69) is 0 Å². The highest BCUT2D eigenvalue weighted by molar-refractivity contribution is 8.00. The van der Waals surface area contributed by atoms with Gasteiger partial charge in [-0.3, -0.25) is 4.90 Å². The van der Waals surface area contributed by atoms with Crippen LogP contribution in [0.2, 0.25) is 0 Å². The highest BCUT2D eigenvalue weighted by atomic mass is 32.2. The van der Waals surface area contributed by atoms with Gasteiger partial charge in [0.15, 0.2) is 0 Å². The number of aliphatic hydroxyl groups excluding tert-OH is 1. The fourth-order valence-electron chi connectivity index (χ4n) is 2.75. The maximum Gasteiger partial charge on any atom is 0.391 e. The predicted octanol–water partition coefficient (Wildman–Crippen LogP) is 1.90. The van der Waals surface area contributed by atoms with E-state index in [4.69, 9.17) is 4.74 Å². The van der Waals surface area contributed by atoms with Gasteiger partial charge >= 0.3 is 6.18 Å². The van der Waals surface area contributed by atoms with Gasteiger partial charge in [-0.2, -0.15) is 24.9 Å². The average Bonchev–Trinajstić information content (AvgIpc) is 2.27. The first-order valence-corrected chi connectivity index (χ1v) is 7.56. The third-order valence-electron chi connectivity index (χ3n) is 3.67. The zero-order valence-electron chi connectivity index (χ0n) is 10.8. The summed E-state index contributed by atoms with van der Waals surface area (Å²) >= 11 is 1.90. The summed E-state index contributed by atoms with van der Waals surface area (Å²) in [7, 11) is 0. The first kappa shape index (κ1) is 15.4. The maximum atomic E-state index is 12.2. The smallest absolute Gasteiger partial charge is 0.391 e. The summed E-state index contributed by atoms with van der Waals surface area (Å²) in [5.41, 5.74) is 0. The van der Waals surface area contributed by atoms with Crippen LogP contribution in [0.25, 0.3) is 0 Å². The van der Waals surface area contributed by atoms with Crippen molar-refractivity contribution in [3.63, 3.8) is 0 Å². The van der Waals surface area contributed by atoms with Gasteiger partial charge in [-0.15, -0.1) is 0 Å². The minimum atomic E-state index is -4.29. The van der Waals surface area contributed by atoms with Gasteiger partial charge in [0, 0.05) is 43.3 Å².